The van der Waals surface area contributed by atoms with Gasteiger partial charge < -0.3 is 4.52 Å². The highest BCUT2D eigenvalue weighted by Gasteiger charge is 2.28. The van der Waals surface area contributed by atoms with Crippen molar-refractivity contribution in [2.75, 3.05) is 0 Å². The monoisotopic (exact) mass is 343 g/mol. The average Bonchev–Trinajstić information content (AvgIpc) is 3.09. The Labute approximate surface area is 151 Å². The van der Waals surface area contributed by atoms with Crippen molar-refractivity contribution in [1.29, 1.82) is 0 Å². The molecule has 0 saturated carbocycles. The van der Waals surface area contributed by atoms with Gasteiger partial charge in [0.05, 0.1) is 17.2 Å². The third kappa shape index (κ3) is 3.22. The summed E-state index contributed by atoms with van der Waals surface area (Å²) in [5.74, 6) is -0.124. The Morgan fingerprint density at radius 2 is 1.46 bits per heavy atom. The minimum Gasteiger partial charge on any atom is -0.338 e. The van der Waals surface area contributed by atoms with Crippen LogP contribution in [0.3, 0.4) is 0 Å². The summed E-state index contributed by atoms with van der Waals surface area (Å²) in [5.41, 5.74) is 3.08. The maximum Gasteiger partial charge on any atom is 0.361 e. The number of aromatic amines is 1. The number of rotatable bonds is 5. The molecule has 4 heteroatoms. The van der Waals surface area contributed by atoms with Gasteiger partial charge in [-0.15, -0.1) is 0 Å². The van der Waals surface area contributed by atoms with Gasteiger partial charge in [-0.05, 0) is 5.56 Å². The molecule has 4 rings (SSSR count). The lowest BCUT2D eigenvalue weighted by molar-refractivity contribution is -0.698. The van der Waals surface area contributed by atoms with E-state index in [1.165, 1.54) is 0 Å². The number of nitrogens with one attached hydrogen (secondary N) is 1. The van der Waals surface area contributed by atoms with E-state index in [0.717, 1.165) is 16.8 Å². The van der Waals surface area contributed by atoms with Crippen LogP contribution in [0, 0.1) is 0 Å². The van der Waals surface area contributed by atoms with Crippen molar-refractivity contribution in [2.45, 2.75) is 12.5 Å². The zero-order valence-electron chi connectivity index (χ0n) is 14.2. The first-order chi connectivity index (χ1) is 12.8. The molecule has 0 bridgehead atoms. The molecule has 2 heterocycles. The van der Waals surface area contributed by atoms with Crippen LogP contribution >= 0.6 is 0 Å². The second-order valence-corrected chi connectivity index (χ2v) is 6.18. The molecule has 1 unspecified atom stereocenters. The molecule has 0 aliphatic carbocycles. The lowest BCUT2D eigenvalue weighted by Crippen LogP contribution is -2.37. The van der Waals surface area contributed by atoms with Crippen LogP contribution in [0.4, 0.5) is 0 Å². The second kappa shape index (κ2) is 7.23. The quantitative estimate of drug-likeness (QED) is 0.561. The van der Waals surface area contributed by atoms with E-state index in [4.69, 9.17) is 4.52 Å². The van der Waals surface area contributed by atoms with Crippen LogP contribution < -0.4 is 10.2 Å². The molecule has 0 radical (unpaired) electrons. The summed E-state index contributed by atoms with van der Waals surface area (Å²) in [6.07, 6.45) is 4.01. The van der Waals surface area contributed by atoms with E-state index < -0.39 is 0 Å². The molecular formula is C22H19N2O2+. The van der Waals surface area contributed by atoms with Crippen molar-refractivity contribution in [3.63, 3.8) is 0 Å². The maximum atomic E-state index is 12.6. The van der Waals surface area contributed by atoms with Crippen LogP contribution in [0.15, 0.2) is 101 Å². The molecule has 2 aromatic heterocycles. The topological polar surface area (TPSA) is 49.9 Å². The van der Waals surface area contributed by atoms with Crippen LogP contribution in [-0.2, 0) is 6.54 Å². The van der Waals surface area contributed by atoms with Crippen molar-refractivity contribution in [3.05, 3.63) is 113 Å². The molecule has 0 aliphatic heterocycles. The fourth-order valence-corrected chi connectivity index (χ4v) is 3.26. The van der Waals surface area contributed by atoms with E-state index in [1.807, 2.05) is 79.1 Å². The summed E-state index contributed by atoms with van der Waals surface area (Å²) >= 11 is 0. The normalized spacial score (nSPS) is 12.0. The molecule has 0 fully saturated rings. The summed E-state index contributed by atoms with van der Waals surface area (Å²) in [6, 6.07) is 25.8. The van der Waals surface area contributed by atoms with Crippen LogP contribution in [-0.4, -0.2) is 5.16 Å². The van der Waals surface area contributed by atoms with Gasteiger partial charge in [-0.2, -0.15) is 0 Å². The zero-order valence-corrected chi connectivity index (χ0v) is 14.2. The van der Waals surface area contributed by atoms with E-state index in [0.29, 0.717) is 12.1 Å². The molecular weight excluding hydrogens is 324 g/mol. The van der Waals surface area contributed by atoms with E-state index >= 15 is 0 Å². The smallest absolute Gasteiger partial charge is 0.338 e. The molecule has 1 N–H and O–H groups in total. The average molecular weight is 343 g/mol. The lowest BCUT2D eigenvalue weighted by Gasteiger charge is -2.14. The zero-order chi connectivity index (χ0) is 17.8. The number of pyridine rings is 1. The molecule has 0 amide bonds. The first-order valence-corrected chi connectivity index (χ1v) is 8.59. The predicted molar refractivity (Wildman–Crippen MR) is 99.7 cm³/mol. The summed E-state index contributed by atoms with van der Waals surface area (Å²) in [7, 11) is 0. The molecule has 2 aromatic carbocycles. The third-order valence-electron chi connectivity index (χ3n) is 4.52. The minimum absolute atomic E-state index is 0.124. The summed E-state index contributed by atoms with van der Waals surface area (Å²) in [4.78, 5) is 12.6. The minimum atomic E-state index is -0.325. The number of benzene rings is 2. The predicted octanol–water partition coefficient (Wildman–Crippen LogP) is 3.75. The molecule has 0 spiro atoms. The molecule has 1 atom stereocenters. The Morgan fingerprint density at radius 1 is 0.846 bits per heavy atom. The number of hydrogen-bond donors (Lipinski definition) is 1. The summed E-state index contributed by atoms with van der Waals surface area (Å²) in [6.45, 7) is 0.646. The van der Waals surface area contributed by atoms with E-state index in [-0.39, 0.29) is 11.5 Å². The highest BCUT2D eigenvalue weighted by atomic mass is 16.5. The second-order valence-electron chi connectivity index (χ2n) is 6.18. The van der Waals surface area contributed by atoms with Crippen LogP contribution in [0.5, 0.6) is 0 Å². The molecule has 26 heavy (non-hydrogen) atoms. The van der Waals surface area contributed by atoms with E-state index in [2.05, 4.69) is 21.9 Å². The first-order valence-electron chi connectivity index (χ1n) is 8.59. The van der Waals surface area contributed by atoms with Crippen molar-refractivity contribution in [3.8, 4) is 11.3 Å². The van der Waals surface area contributed by atoms with Crippen molar-refractivity contribution in [2.24, 2.45) is 0 Å². The fourth-order valence-electron chi connectivity index (χ4n) is 3.26. The summed E-state index contributed by atoms with van der Waals surface area (Å²) < 4.78 is 7.28. The van der Waals surface area contributed by atoms with Gasteiger partial charge in [0.2, 0.25) is 0 Å². The van der Waals surface area contributed by atoms with Gasteiger partial charge in [-0.25, -0.2) is 14.5 Å². The Morgan fingerprint density at radius 3 is 2.15 bits per heavy atom. The highest BCUT2D eigenvalue weighted by Crippen LogP contribution is 2.30. The molecule has 0 aliphatic rings. The lowest BCUT2D eigenvalue weighted by atomic mass is 9.89. The highest BCUT2D eigenvalue weighted by molar-refractivity contribution is 5.63. The molecule has 4 nitrogen and oxygen atoms in total. The number of H-pyrrole nitrogens is 1. The van der Waals surface area contributed by atoms with Crippen molar-refractivity contribution in [1.82, 2.24) is 5.16 Å². The van der Waals surface area contributed by atoms with Gasteiger partial charge in [-0.1, -0.05) is 66.7 Å². The van der Waals surface area contributed by atoms with Gasteiger partial charge in [0, 0.05) is 17.7 Å². The number of hydrogen-bond acceptors (Lipinski definition) is 2. The number of nitrogens with zero attached hydrogens (tertiary/aromatic N) is 1. The van der Waals surface area contributed by atoms with Gasteiger partial charge in [0.15, 0.2) is 18.9 Å². The third-order valence-corrected chi connectivity index (χ3v) is 4.52. The molecule has 4 aromatic rings. The fraction of sp³-hybridized carbons (Fsp3) is 0.0909. The molecule has 128 valence electrons. The number of aromatic nitrogens is 2. The Bertz CT molecular complexity index is 1020. The largest absolute Gasteiger partial charge is 0.361 e. The maximum absolute atomic E-state index is 12.6. The van der Waals surface area contributed by atoms with Crippen LogP contribution in [0.2, 0.25) is 0 Å². The van der Waals surface area contributed by atoms with Gasteiger partial charge in [0.25, 0.3) is 0 Å². The van der Waals surface area contributed by atoms with Crippen molar-refractivity contribution >= 4 is 0 Å². The van der Waals surface area contributed by atoms with E-state index in [9.17, 15) is 4.79 Å². The van der Waals surface area contributed by atoms with Crippen LogP contribution in [0.1, 0.15) is 17.0 Å². The Hall–Kier alpha value is -3.40. The van der Waals surface area contributed by atoms with E-state index in [1.54, 1.807) is 0 Å². The van der Waals surface area contributed by atoms with Crippen molar-refractivity contribution < 1.29 is 9.09 Å². The Balaban J connectivity index is 1.85. The molecule has 0 saturated heterocycles. The standard InChI is InChI=1S/C22H18N2O2/c25-22-20(21(23-26-22)18-12-6-2-7-13-18)19(17-10-4-1-5-11-17)16-24-14-8-3-9-15-24/h1-15,19H,16H2/p+1. The summed E-state index contributed by atoms with van der Waals surface area (Å²) in [5, 5.41) is 2.83. The van der Waals surface area contributed by atoms with Crippen LogP contribution in [0.25, 0.3) is 11.3 Å². The first kappa shape index (κ1) is 16.1. The Kier molecular flexibility index (Phi) is 4.48. The van der Waals surface area contributed by atoms with Gasteiger partial charge in [-0.3, -0.25) is 0 Å². The SMILES string of the molecule is O=c1o[nH]c(-c2ccccc2)c1C(C[n+]1ccccc1)c1ccccc1. The van der Waals surface area contributed by atoms with Gasteiger partial charge >= 0.3 is 5.63 Å². The van der Waals surface area contributed by atoms with Gasteiger partial charge in [0.1, 0.15) is 0 Å².